The van der Waals surface area contributed by atoms with Gasteiger partial charge in [0.1, 0.15) is 18.8 Å². The van der Waals surface area contributed by atoms with Crippen LogP contribution in [0.1, 0.15) is 40.8 Å². The van der Waals surface area contributed by atoms with E-state index in [1.165, 1.54) is 30.0 Å². The number of benzene rings is 1. The summed E-state index contributed by atoms with van der Waals surface area (Å²) in [6, 6.07) is 6.26. The van der Waals surface area contributed by atoms with E-state index in [2.05, 4.69) is 25.6 Å². The molecule has 15 nitrogen and oxygen atoms in total. The Morgan fingerprint density at radius 1 is 1.24 bits per heavy atom. The van der Waals surface area contributed by atoms with E-state index in [4.69, 9.17) is 24.5 Å². The maximum atomic E-state index is 16.2. The molecule has 0 radical (unpaired) electrons. The van der Waals surface area contributed by atoms with Gasteiger partial charge >= 0.3 is 5.97 Å². The van der Waals surface area contributed by atoms with Gasteiger partial charge in [-0.15, -0.1) is 0 Å². The largest absolute Gasteiger partial charge is 0.487 e. The van der Waals surface area contributed by atoms with Crippen molar-refractivity contribution in [3.8, 4) is 11.5 Å². The zero-order valence-electron chi connectivity index (χ0n) is 25.7. The molecule has 45 heavy (non-hydrogen) atoms. The summed E-state index contributed by atoms with van der Waals surface area (Å²) in [5.74, 6) is -1.03. The van der Waals surface area contributed by atoms with Gasteiger partial charge in [0.25, 0.3) is 7.37 Å². The molecular weight excluding hydrogens is 612 g/mol. The molecule has 2 aromatic heterocycles. The number of hydrogen-bond donors (Lipinski definition) is 4. The van der Waals surface area contributed by atoms with E-state index >= 15 is 4.39 Å². The highest BCUT2D eigenvalue weighted by molar-refractivity contribution is 7.70. The van der Waals surface area contributed by atoms with E-state index in [1.54, 1.807) is 46.9 Å². The Morgan fingerprint density at radius 2 is 1.93 bits per heavy atom. The number of ether oxygens (including phenoxy) is 3. The lowest BCUT2D eigenvalue weighted by Gasteiger charge is -2.24. The molecule has 2 fully saturated rings. The van der Waals surface area contributed by atoms with Crippen molar-refractivity contribution in [2.24, 2.45) is 11.7 Å². The van der Waals surface area contributed by atoms with Gasteiger partial charge in [0.15, 0.2) is 40.4 Å². The van der Waals surface area contributed by atoms with Crippen LogP contribution in [0.25, 0.3) is 11.2 Å². The number of carbonyl (C=O) groups excluding carboxylic acids is 2. The first-order chi connectivity index (χ1) is 21.1. The SMILES string of the molecule is CNc1nc(NC(=O)C(C)C)nc2c1ncn2C1OC(COc2ccccc2OP2(=O)C[C@]2(N)C(=O)OC(C)C)C(O)C1(C)F. The number of nitrogens with zero attached hydrogens (tertiary/aromatic N) is 4. The molecule has 1 aromatic carbocycles. The van der Waals surface area contributed by atoms with E-state index in [1.807, 2.05) is 0 Å². The predicted octanol–water partition coefficient (Wildman–Crippen LogP) is 2.81. The summed E-state index contributed by atoms with van der Waals surface area (Å²) in [6.45, 7) is 7.59. The van der Waals surface area contributed by atoms with Gasteiger partial charge < -0.3 is 34.9 Å². The van der Waals surface area contributed by atoms with Crippen LogP contribution in [-0.4, -0.2) is 85.6 Å². The van der Waals surface area contributed by atoms with Crippen molar-refractivity contribution in [2.45, 2.75) is 70.1 Å². The van der Waals surface area contributed by atoms with Crippen LogP contribution < -0.4 is 25.6 Å². The minimum absolute atomic E-state index is 0.0171. The molecule has 2 aliphatic rings. The number of halogens is 1. The second-order valence-electron chi connectivity index (χ2n) is 11.8. The van der Waals surface area contributed by atoms with Gasteiger partial charge in [-0.25, -0.2) is 14.2 Å². The summed E-state index contributed by atoms with van der Waals surface area (Å²) in [5.41, 5.74) is 4.18. The Morgan fingerprint density at radius 3 is 2.58 bits per heavy atom. The Hall–Kier alpha value is -3.85. The first kappa shape index (κ1) is 32.5. The van der Waals surface area contributed by atoms with E-state index < -0.39 is 48.8 Å². The average Bonchev–Trinajstić information content (AvgIpc) is 3.21. The fourth-order valence-corrected chi connectivity index (χ4v) is 6.88. The second-order valence-corrected chi connectivity index (χ2v) is 14.4. The Kier molecular flexibility index (Phi) is 8.55. The monoisotopic (exact) mass is 649 g/mol. The van der Waals surface area contributed by atoms with Crippen molar-refractivity contribution in [1.29, 1.82) is 0 Å². The van der Waals surface area contributed by atoms with E-state index in [0.29, 0.717) is 11.3 Å². The molecule has 2 saturated heterocycles. The summed E-state index contributed by atoms with van der Waals surface area (Å²) in [7, 11) is -2.03. The van der Waals surface area contributed by atoms with Crippen molar-refractivity contribution >= 4 is 42.2 Å². The zero-order chi connectivity index (χ0) is 32.9. The minimum atomic E-state index is -3.64. The maximum absolute atomic E-state index is 16.2. The molecule has 1 amide bonds. The third kappa shape index (κ3) is 5.94. The number of alkyl halides is 1. The van der Waals surface area contributed by atoms with Gasteiger partial charge in [0, 0.05) is 13.0 Å². The Balaban J connectivity index is 1.34. The molecule has 5 unspecified atom stereocenters. The molecule has 0 aliphatic carbocycles. The lowest BCUT2D eigenvalue weighted by atomic mass is 9.98. The number of amides is 1. The van der Waals surface area contributed by atoms with Gasteiger partial charge in [-0.05, 0) is 32.9 Å². The number of carbonyl (C=O) groups is 2. The first-order valence-corrected chi connectivity index (χ1v) is 16.2. The lowest BCUT2D eigenvalue weighted by Crippen LogP contribution is -2.41. The summed E-state index contributed by atoms with van der Waals surface area (Å²) in [5, 5.41) is 14.7. The Bertz CT molecular complexity index is 1670. The molecule has 0 saturated carbocycles. The van der Waals surface area contributed by atoms with Crippen LogP contribution in [0.15, 0.2) is 30.6 Å². The van der Waals surface area contributed by atoms with Crippen LogP contribution in [0.3, 0.4) is 0 Å². The molecule has 244 valence electrons. The van der Waals surface area contributed by atoms with Crippen molar-refractivity contribution in [3.05, 3.63) is 30.6 Å². The lowest BCUT2D eigenvalue weighted by molar-refractivity contribution is -0.148. The molecule has 17 heteroatoms. The minimum Gasteiger partial charge on any atom is -0.487 e. The molecule has 5 rings (SSSR count). The van der Waals surface area contributed by atoms with Crippen LogP contribution in [0.5, 0.6) is 11.5 Å². The number of aromatic nitrogens is 4. The Labute approximate surface area is 258 Å². The number of nitrogens with one attached hydrogen (secondary N) is 2. The van der Waals surface area contributed by atoms with Gasteiger partial charge in [0.2, 0.25) is 17.1 Å². The predicted molar refractivity (Wildman–Crippen MR) is 161 cm³/mol. The fourth-order valence-electron chi connectivity index (χ4n) is 4.81. The van der Waals surface area contributed by atoms with Crippen molar-refractivity contribution in [3.63, 3.8) is 0 Å². The van der Waals surface area contributed by atoms with Crippen LogP contribution in [0.2, 0.25) is 0 Å². The van der Waals surface area contributed by atoms with E-state index in [9.17, 15) is 19.3 Å². The van der Waals surface area contributed by atoms with Crippen LogP contribution >= 0.6 is 7.37 Å². The number of para-hydroxylation sites is 2. The van der Waals surface area contributed by atoms with Crippen LogP contribution in [-0.2, 0) is 23.6 Å². The quantitative estimate of drug-likeness (QED) is 0.175. The smallest absolute Gasteiger partial charge is 0.338 e. The highest BCUT2D eigenvalue weighted by Crippen LogP contribution is 2.73. The number of fused-ring (bicyclic) bond motifs is 1. The molecule has 3 aromatic rings. The maximum Gasteiger partial charge on any atom is 0.338 e. The number of imidazole rings is 1. The zero-order valence-corrected chi connectivity index (χ0v) is 26.6. The van der Waals surface area contributed by atoms with E-state index in [-0.39, 0.29) is 47.7 Å². The number of nitrogens with two attached hydrogens (primary N) is 1. The van der Waals surface area contributed by atoms with Gasteiger partial charge in [0.05, 0.1) is 18.6 Å². The fraction of sp³-hybridized carbons (Fsp3) is 0.536. The molecule has 5 N–H and O–H groups in total. The van der Waals surface area contributed by atoms with Gasteiger partial charge in [-0.3, -0.25) is 19.2 Å². The molecule has 2 aliphatic heterocycles. The standard InChI is InChI=1S/C28H37FN7O8P/c1-14(2)23(38)35-26-33-21(31-6)19-22(34-26)36(13-32-19)24-27(5,29)20(37)18(43-24)11-41-16-9-7-8-10-17(16)44-45(40)12-28(45,30)25(39)42-15(3)4/h7-10,13-15,18,20,24,37H,11-12,30H2,1-6H3,(H2,31,33,34,35,38)/t18?,20?,24?,27?,28-,45?/m1/s1. The number of esters is 1. The van der Waals surface area contributed by atoms with Crippen LogP contribution in [0, 0.1) is 5.92 Å². The topological polar surface area (TPSA) is 202 Å². The molecular formula is C28H37FN7O8P. The number of hydrogen-bond acceptors (Lipinski definition) is 13. The highest BCUT2D eigenvalue weighted by Gasteiger charge is 2.73. The molecule has 0 bridgehead atoms. The third-order valence-corrected chi connectivity index (χ3v) is 10.1. The second kappa shape index (κ2) is 11.8. The first-order valence-electron chi connectivity index (χ1n) is 14.4. The van der Waals surface area contributed by atoms with Crippen molar-refractivity contribution in [2.75, 3.05) is 30.5 Å². The average molecular weight is 650 g/mol. The number of anilines is 2. The van der Waals surface area contributed by atoms with Gasteiger partial charge in [-0.2, -0.15) is 9.97 Å². The molecule has 0 spiro atoms. The normalized spacial score (nSPS) is 29.2. The van der Waals surface area contributed by atoms with Crippen molar-refractivity contribution < 1.29 is 42.4 Å². The number of aliphatic hydroxyl groups is 1. The third-order valence-electron chi connectivity index (χ3n) is 7.54. The number of aliphatic hydroxyl groups excluding tert-OH is 1. The molecule has 4 heterocycles. The van der Waals surface area contributed by atoms with Crippen molar-refractivity contribution in [1.82, 2.24) is 19.5 Å². The number of rotatable bonds is 11. The summed E-state index contributed by atoms with van der Waals surface area (Å²) in [4.78, 5) is 37.7. The molecule has 6 atom stereocenters. The van der Waals surface area contributed by atoms with Crippen LogP contribution in [0.4, 0.5) is 16.2 Å². The summed E-state index contributed by atoms with van der Waals surface area (Å²) in [6.07, 6.45) is -3.55. The van der Waals surface area contributed by atoms with E-state index in [0.717, 1.165) is 0 Å². The summed E-state index contributed by atoms with van der Waals surface area (Å²) < 4.78 is 53.5. The highest BCUT2D eigenvalue weighted by atomic mass is 31.2. The van der Waals surface area contributed by atoms with Gasteiger partial charge in [-0.1, -0.05) is 26.0 Å². The summed E-state index contributed by atoms with van der Waals surface area (Å²) >= 11 is 0.